The van der Waals surface area contributed by atoms with Crippen molar-refractivity contribution >= 4 is 35.3 Å². The van der Waals surface area contributed by atoms with Crippen LogP contribution < -0.4 is 21.1 Å². The number of methoxy groups -OCH3 is 1. The lowest BCUT2D eigenvalue weighted by molar-refractivity contribution is -0.159. The van der Waals surface area contributed by atoms with Crippen LogP contribution in [0.5, 0.6) is 5.75 Å². The van der Waals surface area contributed by atoms with Gasteiger partial charge >= 0.3 is 5.97 Å². The fourth-order valence-electron chi connectivity index (χ4n) is 8.48. The van der Waals surface area contributed by atoms with Crippen LogP contribution in [0.25, 0.3) is 0 Å². The Morgan fingerprint density at radius 3 is 2.26 bits per heavy atom. The molecule has 2 aliphatic heterocycles. The minimum absolute atomic E-state index is 0.0777. The topological polar surface area (TPSA) is 140 Å². The number of carbonyl (C=O) groups excluding carboxylic acids is 4. The SMILES string of the molecule is COc1ccc(C[C@@H]2C(=O)N[C@H]3N2C(=O)/C=C/C[C@@H](C(C)C(C2CCC2)C(C)c2ccc(CN)cc2)OC(=O)C(CC(C)(C)C)NC(=O)C3(C)C)cc1Cl. The van der Waals surface area contributed by atoms with Crippen molar-refractivity contribution in [1.29, 1.82) is 0 Å². The van der Waals surface area contributed by atoms with Crippen molar-refractivity contribution in [2.75, 3.05) is 7.11 Å². The number of esters is 1. The van der Waals surface area contributed by atoms with Crippen LogP contribution in [0, 0.1) is 28.6 Å². The second-order valence-electron chi connectivity index (χ2n) is 17.3. The highest BCUT2D eigenvalue weighted by Gasteiger charge is 2.52. The van der Waals surface area contributed by atoms with Gasteiger partial charge in [0.2, 0.25) is 17.7 Å². The molecule has 1 saturated heterocycles. The number of ether oxygens (including phenoxy) is 2. The molecule has 0 bridgehead atoms. The molecule has 2 heterocycles. The first-order chi connectivity index (χ1) is 25.4. The van der Waals surface area contributed by atoms with Gasteiger partial charge in [0.05, 0.1) is 17.5 Å². The van der Waals surface area contributed by atoms with Crippen molar-refractivity contribution in [3.05, 3.63) is 76.3 Å². The minimum Gasteiger partial charge on any atom is -0.495 e. The van der Waals surface area contributed by atoms with Gasteiger partial charge in [0.25, 0.3) is 0 Å². The molecule has 0 spiro atoms. The lowest BCUT2D eigenvalue weighted by Gasteiger charge is -2.43. The zero-order valence-electron chi connectivity index (χ0n) is 33.1. The number of benzene rings is 2. The number of halogens is 1. The normalized spacial score (nSPS) is 26.1. The number of nitrogens with zero attached hydrogens (tertiary/aromatic N) is 1. The monoisotopic (exact) mass is 762 g/mol. The molecule has 2 fully saturated rings. The number of hydrogen-bond donors (Lipinski definition) is 3. The summed E-state index contributed by atoms with van der Waals surface area (Å²) in [4.78, 5) is 58.1. The van der Waals surface area contributed by atoms with Gasteiger partial charge in [-0.2, -0.15) is 0 Å². The van der Waals surface area contributed by atoms with E-state index in [2.05, 4.69) is 48.7 Å². The van der Waals surface area contributed by atoms with Crippen LogP contribution >= 0.6 is 11.6 Å². The molecule has 7 atom stereocenters. The van der Waals surface area contributed by atoms with Gasteiger partial charge in [0.1, 0.15) is 30.1 Å². The van der Waals surface area contributed by atoms with Gasteiger partial charge in [-0.05, 0) is 84.3 Å². The maximum Gasteiger partial charge on any atom is 0.328 e. The van der Waals surface area contributed by atoms with Crippen molar-refractivity contribution in [2.45, 2.75) is 124 Å². The van der Waals surface area contributed by atoms with Crippen molar-refractivity contribution in [3.8, 4) is 5.75 Å². The lowest BCUT2D eigenvalue weighted by atomic mass is 9.63. The number of hydrogen-bond acceptors (Lipinski definition) is 7. The lowest BCUT2D eigenvalue weighted by Crippen LogP contribution is -2.59. The molecule has 3 amide bonds. The minimum atomic E-state index is -1.33. The predicted molar refractivity (Wildman–Crippen MR) is 210 cm³/mol. The highest BCUT2D eigenvalue weighted by Crippen LogP contribution is 2.47. The molecule has 54 heavy (non-hydrogen) atoms. The number of fused-ring (bicyclic) bond motifs is 1. The molecule has 2 aromatic rings. The number of carbonyl (C=O) groups is 4. The summed E-state index contributed by atoms with van der Waals surface area (Å²) in [5.74, 6) is -0.529. The highest BCUT2D eigenvalue weighted by atomic mass is 35.5. The van der Waals surface area contributed by atoms with Crippen molar-refractivity contribution in [3.63, 3.8) is 0 Å². The van der Waals surface area contributed by atoms with E-state index in [-0.39, 0.29) is 35.5 Å². The molecule has 1 saturated carbocycles. The summed E-state index contributed by atoms with van der Waals surface area (Å²) in [6.45, 7) is 14.3. The molecule has 0 aromatic heterocycles. The van der Waals surface area contributed by atoms with E-state index < -0.39 is 47.6 Å². The van der Waals surface area contributed by atoms with Crippen LogP contribution in [0.1, 0.15) is 103 Å². The standard InChI is InChI=1S/C43H59ClN4O6/c1-25(29-18-15-27(24-45)16-19-29)37(30-11-9-12-30)26(2)34-13-10-14-36(49)48-33(22-28-17-20-35(53-8)31(44)21-28)38(50)47-40(48)43(6,7)41(52)46-32(39(51)54-34)23-42(3,4)5/h10,14-21,25-26,30,32-34,37,40H,9,11-13,22-24,45H2,1-8H3,(H,46,52)(H,47,50)/b14-10+/t25?,26?,32?,33-,34+,37?,40+/m1/s1. The molecular formula is C43H59ClN4O6. The van der Waals surface area contributed by atoms with Gasteiger partial charge in [-0.15, -0.1) is 0 Å². The maximum atomic E-state index is 14.3. The zero-order chi connectivity index (χ0) is 39.5. The summed E-state index contributed by atoms with van der Waals surface area (Å²) in [5, 5.41) is 6.34. The molecular weight excluding hydrogens is 704 g/mol. The smallest absolute Gasteiger partial charge is 0.328 e. The number of amides is 3. The predicted octanol–water partition coefficient (Wildman–Crippen LogP) is 6.68. The summed E-state index contributed by atoms with van der Waals surface area (Å²) in [7, 11) is 1.53. The first-order valence-corrected chi connectivity index (χ1v) is 19.7. The first-order valence-electron chi connectivity index (χ1n) is 19.4. The fourth-order valence-corrected chi connectivity index (χ4v) is 8.76. The molecule has 294 valence electrons. The molecule has 3 aliphatic rings. The Hall–Kier alpha value is -3.89. The average Bonchev–Trinajstić information content (AvgIpc) is 3.43. The van der Waals surface area contributed by atoms with Gasteiger partial charge in [-0.1, -0.05) is 102 Å². The quantitative estimate of drug-likeness (QED) is 0.230. The average molecular weight is 763 g/mol. The van der Waals surface area contributed by atoms with Crippen LogP contribution in [0.15, 0.2) is 54.6 Å². The van der Waals surface area contributed by atoms with E-state index in [1.54, 1.807) is 32.1 Å². The fraction of sp³-hybridized carbons (Fsp3) is 0.581. The van der Waals surface area contributed by atoms with Gasteiger partial charge < -0.3 is 30.7 Å². The summed E-state index contributed by atoms with van der Waals surface area (Å²) in [5.41, 5.74) is 7.25. The van der Waals surface area contributed by atoms with Gasteiger partial charge in [-0.25, -0.2) is 4.79 Å². The Bertz CT molecular complexity index is 1720. The third kappa shape index (κ3) is 9.14. The Kier molecular flexibility index (Phi) is 12.9. The molecule has 2 aromatic carbocycles. The summed E-state index contributed by atoms with van der Waals surface area (Å²) in [6, 6.07) is 11.8. The number of nitrogens with two attached hydrogens (primary N) is 1. The molecule has 4 unspecified atom stereocenters. The first kappa shape index (κ1) is 41.3. The van der Waals surface area contributed by atoms with Crippen molar-refractivity contribution in [2.24, 2.45) is 34.3 Å². The van der Waals surface area contributed by atoms with E-state index in [0.29, 0.717) is 36.1 Å². The van der Waals surface area contributed by atoms with E-state index in [0.717, 1.165) is 30.4 Å². The Morgan fingerprint density at radius 1 is 1.02 bits per heavy atom. The van der Waals surface area contributed by atoms with Crippen LogP contribution in [0.4, 0.5) is 0 Å². The van der Waals surface area contributed by atoms with E-state index in [1.807, 2.05) is 26.8 Å². The van der Waals surface area contributed by atoms with Crippen LogP contribution in [0.3, 0.4) is 0 Å². The van der Waals surface area contributed by atoms with Crippen molar-refractivity contribution < 1.29 is 28.7 Å². The highest BCUT2D eigenvalue weighted by molar-refractivity contribution is 6.32. The number of nitrogens with one attached hydrogen (secondary N) is 2. The second-order valence-corrected chi connectivity index (χ2v) is 17.7. The Morgan fingerprint density at radius 2 is 1.69 bits per heavy atom. The largest absolute Gasteiger partial charge is 0.495 e. The summed E-state index contributed by atoms with van der Waals surface area (Å²) >= 11 is 6.44. The van der Waals surface area contributed by atoms with Crippen LogP contribution in [0.2, 0.25) is 5.02 Å². The van der Waals surface area contributed by atoms with Crippen molar-refractivity contribution in [1.82, 2.24) is 15.5 Å². The third-order valence-corrected chi connectivity index (χ3v) is 12.2. The van der Waals surface area contributed by atoms with Gasteiger partial charge in [0.15, 0.2) is 0 Å². The molecule has 10 nitrogen and oxygen atoms in total. The maximum absolute atomic E-state index is 14.3. The van der Waals surface area contributed by atoms with E-state index in [4.69, 9.17) is 26.8 Å². The Labute approximate surface area is 325 Å². The number of rotatable bonds is 10. The summed E-state index contributed by atoms with van der Waals surface area (Å²) in [6.07, 6.45) is 5.82. The molecule has 0 radical (unpaired) electrons. The van der Waals surface area contributed by atoms with E-state index in [9.17, 15) is 19.2 Å². The van der Waals surface area contributed by atoms with Crippen LogP contribution in [-0.2, 0) is 36.9 Å². The van der Waals surface area contributed by atoms with Gasteiger partial charge in [0, 0.05) is 19.4 Å². The molecule has 4 N–H and O–H groups in total. The summed E-state index contributed by atoms with van der Waals surface area (Å²) < 4.78 is 11.8. The van der Waals surface area contributed by atoms with Gasteiger partial charge in [-0.3, -0.25) is 14.4 Å². The zero-order valence-corrected chi connectivity index (χ0v) is 33.9. The van der Waals surface area contributed by atoms with Crippen LogP contribution in [-0.4, -0.2) is 60.1 Å². The molecule has 1 aliphatic carbocycles. The number of cyclic esters (lactones) is 1. The Balaban J connectivity index is 1.53. The van der Waals surface area contributed by atoms with E-state index in [1.165, 1.54) is 23.6 Å². The third-order valence-electron chi connectivity index (χ3n) is 11.9. The molecule has 11 heteroatoms. The molecule has 5 rings (SSSR count). The second kappa shape index (κ2) is 16.9. The van der Waals surface area contributed by atoms with E-state index >= 15 is 0 Å².